The molecule has 0 saturated carbocycles. The van der Waals surface area contributed by atoms with Gasteiger partial charge in [-0.05, 0) is 27.6 Å². The Kier molecular flexibility index (Phi) is 4.39. The molecule has 0 amide bonds. The van der Waals surface area contributed by atoms with Crippen LogP contribution in [0.25, 0.3) is 0 Å². The standard InChI is InChI=1S/C12H10BrN3O2S/c13-12-8(2-1-3-10(12)16(17)18)7-19-11-4-5-15-6-9(11)14/h1-6H,7,14H2. The summed E-state index contributed by atoms with van der Waals surface area (Å²) in [6.45, 7) is 0. The van der Waals surface area contributed by atoms with Gasteiger partial charge >= 0.3 is 0 Å². The van der Waals surface area contributed by atoms with Gasteiger partial charge in [-0.1, -0.05) is 12.1 Å². The van der Waals surface area contributed by atoms with E-state index in [4.69, 9.17) is 5.73 Å². The van der Waals surface area contributed by atoms with E-state index in [2.05, 4.69) is 20.9 Å². The van der Waals surface area contributed by atoms with Crippen LogP contribution in [0.1, 0.15) is 5.56 Å². The van der Waals surface area contributed by atoms with Gasteiger partial charge in [-0.25, -0.2) is 0 Å². The molecule has 2 N–H and O–H groups in total. The summed E-state index contributed by atoms with van der Waals surface area (Å²) in [6.07, 6.45) is 3.26. The Balaban J connectivity index is 2.19. The molecule has 0 saturated heterocycles. The average Bonchev–Trinajstić information content (AvgIpc) is 2.39. The van der Waals surface area contributed by atoms with Crippen LogP contribution in [0.2, 0.25) is 0 Å². The van der Waals surface area contributed by atoms with Crippen molar-refractivity contribution in [2.24, 2.45) is 0 Å². The number of hydrogen-bond acceptors (Lipinski definition) is 5. The Bertz CT molecular complexity index is 622. The smallest absolute Gasteiger partial charge is 0.283 e. The van der Waals surface area contributed by atoms with E-state index in [0.717, 1.165) is 10.5 Å². The Morgan fingerprint density at radius 3 is 2.89 bits per heavy atom. The van der Waals surface area contributed by atoms with Crippen molar-refractivity contribution in [3.63, 3.8) is 0 Å². The molecular weight excluding hydrogens is 330 g/mol. The maximum atomic E-state index is 10.8. The van der Waals surface area contributed by atoms with Crippen molar-refractivity contribution in [2.45, 2.75) is 10.6 Å². The highest BCUT2D eigenvalue weighted by Crippen LogP contribution is 2.34. The minimum absolute atomic E-state index is 0.0702. The normalized spacial score (nSPS) is 10.4. The molecular formula is C12H10BrN3O2S. The van der Waals surface area contributed by atoms with Gasteiger partial charge in [0, 0.05) is 22.9 Å². The Labute approximate surface area is 122 Å². The number of pyridine rings is 1. The van der Waals surface area contributed by atoms with E-state index in [1.54, 1.807) is 18.5 Å². The highest BCUT2D eigenvalue weighted by molar-refractivity contribution is 9.10. The monoisotopic (exact) mass is 339 g/mol. The minimum Gasteiger partial charge on any atom is -0.397 e. The highest BCUT2D eigenvalue weighted by Gasteiger charge is 2.14. The molecule has 0 unspecified atom stereocenters. The molecule has 0 fully saturated rings. The van der Waals surface area contributed by atoms with E-state index in [-0.39, 0.29) is 5.69 Å². The number of thioether (sulfide) groups is 1. The summed E-state index contributed by atoms with van der Waals surface area (Å²) in [5.41, 5.74) is 7.33. The summed E-state index contributed by atoms with van der Waals surface area (Å²) in [4.78, 5) is 15.3. The fraction of sp³-hybridized carbons (Fsp3) is 0.0833. The summed E-state index contributed by atoms with van der Waals surface area (Å²) in [5.74, 6) is 0.594. The first-order valence-corrected chi connectivity index (χ1v) is 7.11. The molecule has 2 aromatic rings. The Morgan fingerprint density at radius 1 is 1.42 bits per heavy atom. The van der Waals surface area contributed by atoms with Crippen molar-refractivity contribution >= 4 is 39.1 Å². The molecule has 1 aromatic heterocycles. The SMILES string of the molecule is Nc1cnccc1SCc1cccc([N+](=O)[O-])c1Br. The zero-order valence-electron chi connectivity index (χ0n) is 9.75. The van der Waals surface area contributed by atoms with Crippen LogP contribution in [-0.4, -0.2) is 9.91 Å². The molecule has 19 heavy (non-hydrogen) atoms. The molecule has 0 aliphatic carbocycles. The molecule has 0 atom stereocenters. The number of anilines is 1. The van der Waals surface area contributed by atoms with E-state index in [1.165, 1.54) is 17.8 Å². The van der Waals surface area contributed by atoms with Gasteiger partial charge in [-0.15, -0.1) is 11.8 Å². The van der Waals surface area contributed by atoms with E-state index < -0.39 is 4.92 Å². The second kappa shape index (κ2) is 6.03. The van der Waals surface area contributed by atoms with Crippen LogP contribution >= 0.6 is 27.7 Å². The third-order valence-electron chi connectivity index (χ3n) is 2.45. The molecule has 98 valence electrons. The van der Waals surface area contributed by atoms with Gasteiger partial charge in [0.2, 0.25) is 0 Å². The van der Waals surface area contributed by atoms with Gasteiger partial charge in [0.05, 0.1) is 21.3 Å². The van der Waals surface area contributed by atoms with Crippen molar-refractivity contribution in [2.75, 3.05) is 5.73 Å². The third kappa shape index (κ3) is 3.24. The summed E-state index contributed by atoms with van der Waals surface area (Å²) in [7, 11) is 0. The summed E-state index contributed by atoms with van der Waals surface area (Å²) < 4.78 is 0.514. The topological polar surface area (TPSA) is 82.0 Å². The van der Waals surface area contributed by atoms with Crippen LogP contribution in [0.5, 0.6) is 0 Å². The van der Waals surface area contributed by atoms with E-state index in [9.17, 15) is 10.1 Å². The van der Waals surface area contributed by atoms with Crippen molar-refractivity contribution in [1.29, 1.82) is 0 Å². The number of rotatable bonds is 4. The lowest BCUT2D eigenvalue weighted by Gasteiger charge is -2.06. The predicted molar refractivity (Wildman–Crippen MR) is 79.0 cm³/mol. The number of nitro groups is 1. The number of benzene rings is 1. The van der Waals surface area contributed by atoms with Gasteiger partial charge in [0.25, 0.3) is 5.69 Å². The zero-order valence-corrected chi connectivity index (χ0v) is 12.1. The van der Waals surface area contributed by atoms with Gasteiger partial charge in [-0.2, -0.15) is 0 Å². The third-order valence-corrected chi connectivity index (χ3v) is 4.50. The lowest BCUT2D eigenvalue weighted by Crippen LogP contribution is -1.93. The maximum Gasteiger partial charge on any atom is 0.283 e. The van der Waals surface area contributed by atoms with Crippen LogP contribution in [0.3, 0.4) is 0 Å². The van der Waals surface area contributed by atoms with Gasteiger partial charge in [0.1, 0.15) is 0 Å². The quantitative estimate of drug-likeness (QED) is 0.522. The van der Waals surface area contributed by atoms with Crippen LogP contribution in [-0.2, 0) is 5.75 Å². The van der Waals surface area contributed by atoms with E-state index in [0.29, 0.717) is 15.9 Å². The molecule has 7 heteroatoms. The first kappa shape index (κ1) is 13.8. The first-order chi connectivity index (χ1) is 9.09. The minimum atomic E-state index is -0.404. The van der Waals surface area contributed by atoms with Crippen molar-refractivity contribution in [3.05, 3.63) is 56.8 Å². The lowest BCUT2D eigenvalue weighted by molar-refractivity contribution is -0.385. The van der Waals surface area contributed by atoms with Crippen LogP contribution in [0, 0.1) is 10.1 Å². The zero-order chi connectivity index (χ0) is 13.8. The number of nitrogens with two attached hydrogens (primary N) is 1. The second-order valence-corrected chi connectivity index (χ2v) is 5.52. The number of nitro benzene ring substituents is 1. The van der Waals surface area contributed by atoms with E-state index in [1.807, 2.05) is 12.1 Å². The van der Waals surface area contributed by atoms with Crippen molar-refractivity contribution in [3.8, 4) is 0 Å². The van der Waals surface area contributed by atoms with Crippen molar-refractivity contribution < 1.29 is 4.92 Å². The highest BCUT2D eigenvalue weighted by atomic mass is 79.9. The van der Waals surface area contributed by atoms with E-state index >= 15 is 0 Å². The molecule has 2 rings (SSSR count). The molecule has 0 aliphatic heterocycles. The molecule has 0 aliphatic rings. The molecule has 1 heterocycles. The molecule has 5 nitrogen and oxygen atoms in total. The van der Waals surface area contributed by atoms with Gasteiger partial charge in [0.15, 0.2) is 0 Å². The summed E-state index contributed by atoms with van der Waals surface area (Å²) in [6, 6.07) is 6.82. The maximum absolute atomic E-state index is 10.8. The largest absolute Gasteiger partial charge is 0.397 e. The fourth-order valence-corrected chi connectivity index (χ4v) is 3.16. The Hall–Kier alpha value is -1.60. The second-order valence-electron chi connectivity index (χ2n) is 3.71. The first-order valence-electron chi connectivity index (χ1n) is 5.33. The molecule has 0 radical (unpaired) electrons. The number of nitrogen functional groups attached to an aromatic ring is 1. The summed E-state index contributed by atoms with van der Waals surface area (Å²) in [5, 5.41) is 10.8. The fourth-order valence-electron chi connectivity index (χ4n) is 1.50. The van der Waals surface area contributed by atoms with Crippen LogP contribution in [0.15, 0.2) is 46.0 Å². The van der Waals surface area contributed by atoms with Gasteiger partial charge in [-0.3, -0.25) is 15.1 Å². The Morgan fingerprint density at radius 2 is 2.21 bits per heavy atom. The van der Waals surface area contributed by atoms with Crippen LogP contribution < -0.4 is 5.73 Å². The van der Waals surface area contributed by atoms with Crippen LogP contribution in [0.4, 0.5) is 11.4 Å². The van der Waals surface area contributed by atoms with Gasteiger partial charge < -0.3 is 5.73 Å². The summed E-state index contributed by atoms with van der Waals surface area (Å²) >= 11 is 4.79. The number of aromatic nitrogens is 1. The van der Waals surface area contributed by atoms with Crippen molar-refractivity contribution in [1.82, 2.24) is 4.98 Å². The number of halogens is 1. The molecule has 0 bridgehead atoms. The molecule has 1 aromatic carbocycles. The molecule has 0 spiro atoms. The number of nitrogens with zero attached hydrogens (tertiary/aromatic N) is 2. The lowest BCUT2D eigenvalue weighted by atomic mass is 10.2. The predicted octanol–water partition coefficient (Wildman–Crippen LogP) is 3.63. The number of hydrogen-bond donors (Lipinski definition) is 1. The average molecular weight is 340 g/mol.